The Hall–Kier alpha value is -4.27. The number of para-hydroxylation sites is 2. The fourth-order valence-electron chi connectivity index (χ4n) is 3.13. The molecule has 1 amide bonds. The Bertz CT molecular complexity index is 1230. The molecule has 150 valence electrons. The highest BCUT2D eigenvalue weighted by atomic mass is 16.6. The maximum atomic E-state index is 12.6. The number of pyridine rings is 1. The van der Waals surface area contributed by atoms with Gasteiger partial charge < -0.3 is 10.6 Å². The molecule has 2 aromatic carbocycles. The van der Waals surface area contributed by atoms with Gasteiger partial charge in [0, 0.05) is 37.6 Å². The molecule has 2 N–H and O–H groups in total. The molecule has 0 spiro atoms. The molecule has 9 nitrogen and oxygen atoms in total. The van der Waals surface area contributed by atoms with Crippen LogP contribution in [0, 0.1) is 10.1 Å². The van der Waals surface area contributed by atoms with E-state index in [4.69, 9.17) is 0 Å². The molecule has 0 atom stereocenters. The van der Waals surface area contributed by atoms with E-state index in [0.717, 1.165) is 22.4 Å². The van der Waals surface area contributed by atoms with Gasteiger partial charge in [-0.1, -0.05) is 18.2 Å². The Balaban J connectivity index is 1.49. The van der Waals surface area contributed by atoms with Crippen molar-refractivity contribution in [2.45, 2.75) is 6.54 Å². The molecule has 4 aromatic rings. The molecule has 9 heteroatoms. The lowest BCUT2D eigenvalue weighted by Crippen LogP contribution is -2.24. The minimum Gasteiger partial charge on any atom is -0.387 e. The minimum absolute atomic E-state index is 0.141. The van der Waals surface area contributed by atoms with Gasteiger partial charge >= 0.3 is 0 Å². The van der Waals surface area contributed by atoms with Crippen molar-refractivity contribution in [1.82, 2.24) is 19.9 Å². The number of benzene rings is 2. The summed E-state index contributed by atoms with van der Waals surface area (Å²) in [5.74, 6) is 0.308. The largest absolute Gasteiger partial charge is 0.387 e. The van der Waals surface area contributed by atoms with Crippen molar-refractivity contribution in [3.63, 3.8) is 0 Å². The number of imidazole rings is 1. The highest BCUT2D eigenvalue weighted by Gasteiger charge is 2.16. The second kappa shape index (κ2) is 8.00. The SMILES string of the molecule is CNc1ccc([N+](=O)[O-])cc1C(=O)NCc1ccc(-n2cnc3ccccc32)nc1. The number of fused-ring (bicyclic) bond motifs is 1. The van der Waals surface area contributed by atoms with Crippen LogP contribution in [-0.2, 0) is 6.54 Å². The van der Waals surface area contributed by atoms with Gasteiger partial charge in [0.05, 0.1) is 21.5 Å². The maximum absolute atomic E-state index is 12.6. The smallest absolute Gasteiger partial charge is 0.270 e. The van der Waals surface area contributed by atoms with E-state index in [1.165, 1.54) is 18.2 Å². The normalized spacial score (nSPS) is 10.7. The standard InChI is InChI=1S/C21H18N6O3/c1-22-17-8-7-15(27(29)30)10-16(17)21(28)24-12-14-6-9-20(23-11-14)26-13-25-18-4-2-3-5-19(18)26/h2-11,13,22H,12H2,1H3,(H,24,28). The first-order valence-electron chi connectivity index (χ1n) is 9.18. The number of rotatable bonds is 6. The molecule has 0 unspecified atom stereocenters. The average molecular weight is 402 g/mol. The van der Waals surface area contributed by atoms with Gasteiger partial charge in [0.25, 0.3) is 11.6 Å². The Morgan fingerprint density at radius 2 is 1.97 bits per heavy atom. The third-order valence-electron chi connectivity index (χ3n) is 4.69. The quantitative estimate of drug-likeness (QED) is 0.378. The molecule has 4 rings (SSSR count). The number of amides is 1. The molecule has 0 bridgehead atoms. The van der Waals surface area contributed by atoms with Gasteiger partial charge in [-0.05, 0) is 29.8 Å². The molecule has 2 aromatic heterocycles. The molecule has 0 saturated heterocycles. The molecule has 0 aliphatic heterocycles. The molecule has 0 radical (unpaired) electrons. The number of hydrogen-bond acceptors (Lipinski definition) is 6. The Morgan fingerprint density at radius 1 is 1.13 bits per heavy atom. The monoisotopic (exact) mass is 402 g/mol. The van der Waals surface area contributed by atoms with Crippen LogP contribution in [0.15, 0.2) is 67.1 Å². The average Bonchev–Trinajstić information content (AvgIpc) is 3.21. The van der Waals surface area contributed by atoms with Crippen molar-refractivity contribution in [3.8, 4) is 5.82 Å². The minimum atomic E-state index is -0.529. The Morgan fingerprint density at radius 3 is 2.70 bits per heavy atom. The number of hydrogen-bond donors (Lipinski definition) is 2. The van der Waals surface area contributed by atoms with Crippen LogP contribution in [0.4, 0.5) is 11.4 Å². The summed E-state index contributed by atoms with van der Waals surface area (Å²) in [5.41, 5.74) is 3.22. The molecule has 0 saturated carbocycles. The predicted molar refractivity (Wildman–Crippen MR) is 113 cm³/mol. The van der Waals surface area contributed by atoms with Crippen molar-refractivity contribution in [2.75, 3.05) is 12.4 Å². The highest BCUT2D eigenvalue weighted by Crippen LogP contribution is 2.22. The van der Waals surface area contributed by atoms with Crippen LogP contribution in [0.2, 0.25) is 0 Å². The van der Waals surface area contributed by atoms with E-state index in [2.05, 4.69) is 20.6 Å². The lowest BCUT2D eigenvalue weighted by molar-refractivity contribution is -0.384. The first-order valence-corrected chi connectivity index (χ1v) is 9.18. The van der Waals surface area contributed by atoms with Crippen LogP contribution in [-0.4, -0.2) is 32.4 Å². The summed E-state index contributed by atoms with van der Waals surface area (Å²) in [4.78, 5) is 31.9. The zero-order valence-electron chi connectivity index (χ0n) is 16.1. The van der Waals surface area contributed by atoms with Crippen molar-refractivity contribution in [3.05, 3.63) is 88.4 Å². The van der Waals surface area contributed by atoms with Crippen LogP contribution in [0.3, 0.4) is 0 Å². The van der Waals surface area contributed by atoms with Gasteiger partial charge in [-0.15, -0.1) is 0 Å². The zero-order chi connectivity index (χ0) is 21.1. The van der Waals surface area contributed by atoms with E-state index in [-0.39, 0.29) is 17.8 Å². The van der Waals surface area contributed by atoms with Crippen LogP contribution in [0.1, 0.15) is 15.9 Å². The molecule has 2 heterocycles. The summed E-state index contributed by atoms with van der Waals surface area (Å²) in [5, 5.41) is 16.7. The van der Waals surface area contributed by atoms with E-state index in [1.54, 1.807) is 19.6 Å². The molecular weight excluding hydrogens is 384 g/mol. The summed E-state index contributed by atoms with van der Waals surface area (Å²) in [6.45, 7) is 0.239. The molecule has 0 aliphatic carbocycles. The van der Waals surface area contributed by atoms with Crippen molar-refractivity contribution < 1.29 is 9.72 Å². The number of nitrogens with zero attached hydrogens (tertiary/aromatic N) is 4. The number of aromatic nitrogens is 3. The molecule has 30 heavy (non-hydrogen) atoms. The van der Waals surface area contributed by atoms with Crippen LogP contribution in [0.5, 0.6) is 0 Å². The fourth-order valence-corrected chi connectivity index (χ4v) is 3.13. The Kier molecular flexibility index (Phi) is 5.08. The summed E-state index contributed by atoms with van der Waals surface area (Å²) in [6.07, 6.45) is 3.40. The van der Waals surface area contributed by atoms with Gasteiger partial charge in [0.1, 0.15) is 12.1 Å². The first kappa shape index (κ1) is 19.1. The molecule has 0 aliphatic rings. The lowest BCUT2D eigenvalue weighted by atomic mass is 10.1. The third-order valence-corrected chi connectivity index (χ3v) is 4.69. The number of nitrogens with one attached hydrogen (secondary N) is 2. The van der Waals surface area contributed by atoms with Gasteiger partial charge in [-0.2, -0.15) is 0 Å². The van der Waals surface area contributed by atoms with Gasteiger partial charge in [0.15, 0.2) is 0 Å². The number of non-ortho nitro benzene ring substituents is 1. The van der Waals surface area contributed by atoms with Crippen molar-refractivity contribution >= 4 is 28.3 Å². The van der Waals surface area contributed by atoms with Crippen molar-refractivity contribution in [1.29, 1.82) is 0 Å². The zero-order valence-corrected chi connectivity index (χ0v) is 16.1. The number of carbonyl (C=O) groups is 1. The van der Waals surface area contributed by atoms with Crippen molar-refractivity contribution in [2.24, 2.45) is 0 Å². The number of nitro groups is 1. The highest BCUT2D eigenvalue weighted by molar-refractivity contribution is 6.00. The van der Waals surface area contributed by atoms with E-state index in [9.17, 15) is 14.9 Å². The second-order valence-electron chi connectivity index (χ2n) is 6.55. The first-order chi connectivity index (χ1) is 14.6. The van der Waals surface area contributed by atoms with Crippen LogP contribution in [0.25, 0.3) is 16.9 Å². The third kappa shape index (κ3) is 3.68. The summed E-state index contributed by atoms with van der Waals surface area (Å²) in [7, 11) is 1.65. The molecule has 0 fully saturated rings. The lowest BCUT2D eigenvalue weighted by Gasteiger charge is -2.10. The van der Waals surface area contributed by atoms with Gasteiger partial charge in [-0.3, -0.25) is 19.5 Å². The van der Waals surface area contributed by atoms with Crippen LogP contribution < -0.4 is 10.6 Å². The predicted octanol–water partition coefficient (Wildman–Crippen LogP) is 3.30. The number of carbonyl (C=O) groups excluding carboxylic acids is 1. The maximum Gasteiger partial charge on any atom is 0.270 e. The second-order valence-corrected chi connectivity index (χ2v) is 6.55. The van der Waals surface area contributed by atoms with E-state index in [1.807, 2.05) is 41.0 Å². The number of anilines is 1. The van der Waals surface area contributed by atoms with E-state index < -0.39 is 10.8 Å². The fraction of sp³-hybridized carbons (Fsp3) is 0.0952. The van der Waals surface area contributed by atoms with E-state index >= 15 is 0 Å². The Labute approximate surface area is 171 Å². The number of nitro benzene ring substituents is 1. The van der Waals surface area contributed by atoms with Gasteiger partial charge in [-0.25, -0.2) is 9.97 Å². The summed E-state index contributed by atoms with van der Waals surface area (Å²) < 4.78 is 1.89. The van der Waals surface area contributed by atoms with E-state index in [0.29, 0.717) is 5.69 Å². The summed E-state index contributed by atoms with van der Waals surface area (Å²) >= 11 is 0. The summed E-state index contributed by atoms with van der Waals surface area (Å²) in [6, 6.07) is 15.6. The topological polar surface area (TPSA) is 115 Å². The molecular formula is C21H18N6O3. The van der Waals surface area contributed by atoms with Crippen LogP contribution >= 0.6 is 0 Å². The van der Waals surface area contributed by atoms with Gasteiger partial charge in [0.2, 0.25) is 0 Å².